The molecule has 1 heterocycles. The second kappa shape index (κ2) is 5.99. The molecular formula is C13H16Cl2N2O2. The van der Waals surface area contributed by atoms with Crippen LogP contribution in [0, 0.1) is 0 Å². The van der Waals surface area contributed by atoms with E-state index >= 15 is 0 Å². The number of ether oxygens (including phenoxy) is 1. The number of hydrogen-bond acceptors (Lipinski definition) is 3. The average Bonchev–Trinajstić information content (AvgIpc) is 2.85. The molecule has 0 aromatic heterocycles. The fourth-order valence-electron chi connectivity index (χ4n) is 2.39. The Labute approximate surface area is 122 Å². The monoisotopic (exact) mass is 302 g/mol. The number of amides is 1. The van der Waals surface area contributed by atoms with Crippen LogP contribution in [0.3, 0.4) is 0 Å². The molecule has 1 atom stereocenters. The van der Waals surface area contributed by atoms with E-state index in [0.29, 0.717) is 27.9 Å². The average molecular weight is 303 g/mol. The van der Waals surface area contributed by atoms with Crippen molar-refractivity contribution in [2.75, 3.05) is 20.2 Å². The van der Waals surface area contributed by atoms with Gasteiger partial charge in [-0.1, -0.05) is 23.2 Å². The maximum atomic E-state index is 12.4. The zero-order valence-electron chi connectivity index (χ0n) is 10.7. The van der Waals surface area contributed by atoms with Gasteiger partial charge in [0.1, 0.15) is 0 Å². The molecule has 6 heteroatoms. The van der Waals surface area contributed by atoms with E-state index in [-0.39, 0.29) is 11.9 Å². The lowest BCUT2D eigenvalue weighted by molar-refractivity contribution is 0.0741. The Balaban J connectivity index is 2.29. The first-order valence-corrected chi connectivity index (χ1v) is 6.88. The summed E-state index contributed by atoms with van der Waals surface area (Å²) in [6.07, 6.45) is 1.92. The van der Waals surface area contributed by atoms with E-state index in [2.05, 4.69) is 0 Å². The second-order valence-electron chi connectivity index (χ2n) is 4.50. The van der Waals surface area contributed by atoms with Crippen LogP contribution in [0.5, 0.6) is 5.75 Å². The number of rotatable bonds is 3. The molecule has 0 radical (unpaired) electrons. The summed E-state index contributed by atoms with van der Waals surface area (Å²) in [7, 11) is 1.49. The van der Waals surface area contributed by atoms with Gasteiger partial charge >= 0.3 is 0 Å². The number of nitrogens with zero attached hydrogens (tertiary/aromatic N) is 1. The van der Waals surface area contributed by atoms with E-state index in [1.807, 2.05) is 0 Å². The largest absolute Gasteiger partial charge is 0.494 e. The van der Waals surface area contributed by atoms with Gasteiger partial charge in [-0.05, 0) is 25.0 Å². The number of carbonyl (C=O) groups is 1. The Hall–Kier alpha value is -0.970. The molecule has 1 aromatic rings. The van der Waals surface area contributed by atoms with E-state index in [1.165, 1.54) is 7.11 Å². The van der Waals surface area contributed by atoms with Crippen LogP contribution in [-0.4, -0.2) is 37.0 Å². The van der Waals surface area contributed by atoms with Crippen molar-refractivity contribution in [1.82, 2.24) is 4.90 Å². The summed E-state index contributed by atoms with van der Waals surface area (Å²) in [6, 6.07) is 3.27. The Bertz CT molecular complexity index is 471. The summed E-state index contributed by atoms with van der Waals surface area (Å²) in [5.41, 5.74) is 6.15. The first kappa shape index (κ1) is 14.4. The molecule has 4 nitrogen and oxygen atoms in total. The molecule has 1 aliphatic rings. The van der Waals surface area contributed by atoms with Crippen molar-refractivity contribution in [2.45, 2.75) is 18.9 Å². The minimum atomic E-state index is -0.0839. The molecule has 19 heavy (non-hydrogen) atoms. The lowest BCUT2D eigenvalue weighted by Crippen LogP contribution is -2.39. The summed E-state index contributed by atoms with van der Waals surface area (Å²) in [5.74, 6) is 0.302. The molecule has 1 aromatic carbocycles. The molecule has 1 saturated heterocycles. The summed E-state index contributed by atoms with van der Waals surface area (Å²) in [4.78, 5) is 14.2. The molecular weight excluding hydrogens is 287 g/mol. The molecule has 0 spiro atoms. The van der Waals surface area contributed by atoms with Crippen molar-refractivity contribution in [3.05, 3.63) is 27.7 Å². The topological polar surface area (TPSA) is 55.6 Å². The molecule has 104 valence electrons. The van der Waals surface area contributed by atoms with Gasteiger partial charge in [0.05, 0.1) is 17.2 Å². The van der Waals surface area contributed by atoms with Crippen LogP contribution in [0.2, 0.25) is 10.0 Å². The molecule has 1 amide bonds. The van der Waals surface area contributed by atoms with Crippen molar-refractivity contribution in [1.29, 1.82) is 0 Å². The van der Waals surface area contributed by atoms with E-state index in [4.69, 9.17) is 33.7 Å². The lowest BCUT2D eigenvalue weighted by Gasteiger charge is -2.23. The van der Waals surface area contributed by atoms with Gasteiger partial charge in [0.2, 0.25) is 0 Å². The van der Waals surface area contributed by atoms with Crippen LogP contribution in [-0.2, 0) is 0 Å². The molecule has 1 fully saturated rings. The zero-order chi connectivity index (χ0) is 14.0. The summed E-state index contributed by atoms with van der Waals surface area (Å²) < 4.78 is 5.07. The van der Waals surface area contributed by atoms with E-state index in [1.54, 1.807) is 17.0 Å². The Kier molecular flexibility index (Phi) is 4.55. The third kappa shape index (κ3) is 2.81. The molecule has 0 aliphatic carbocycles. The smallest absolute Gasteiger partial charge is 0.254 e. The molecule has 2 N–H and O–H groups in total. The quantitative estimate of drug-likeness (QED) is 0.933. The van der Waals surface area contributed by atoms with Gasteiger partial charge in [0.15, 0.2) is 5.75 Å². The van der Waals surface area contributed by atoms with Gasteiger partial charge in [-0.15, -0.1) is 0 Å². The lowest BCUT2D eigenvalue weighted by atomic mass is 10.1. The van der Waals surface area contributed by atoms with E-state index in [0.717, 1.165) is 19.4 Å². The number of halogens is 2. The molecule has 0 bridgehead atoms. The van der Waals surface area contributed by atoms with E-state index in [9.17, 15) is 4.79 Å². The molecule has 0 saturated carbocycles. The van der Waals surface area contributed by atoms with Crippen LogP contribution >= 0.6 is 23.2 Å². The summed E-state index contributed by atoms with van der Waals surface area (Å²) in [6.45, 7) is 1.20. The maximum Gasteiger partial charge on any atom is 0.254 e. The fraction of sp³-hybridized carbons (Fsp3) is 0.462. The predicted molar refractivity (Wildman–Crippen MR) is 76.1 cm³/mol. The molecule has 1 aliphatic heterocycles. The minimum Gasteiger partial charge on any atom is -0.494 e. The van der Waals surface area contributed by atoms with E-state index < -0.39 is 0 Å². The van der Waals surface area contributed by atoms with Crippen LogP contribution in [0.4, 0.5) is 0 Å². The van der Waals surface area contributed by atoms with Crippen molar-refractivity contribution in [3.8, 4) is 5.75 Å². The number of methoxy groups -OCH3 is 1. The van der Waals surface area contributed by atoms with Crippen molar-refractivity contribution in [2.24, 2.45) is 5.73 Å². The van der Waals surface area contributed by atoms with Gasteiger partial charge in [0.25, 0.3) is 5.91 Å². The number of carbonyl (C=O) groups excluding carboxylic acids is 1. The molecule has 1 unspecified atom stereocenters. The van der Waals surface area contributed by atoms with Crippen LogP contribution in [0.15, 0.2) is 12.1 Å². The third-order valence-electron chi connectivity index (χ3n) is 3.36. The highest BCUT2D eigenvalue weighted by Gasteiger charge is 2.29. The fourth-order valence-corrected chi connectivity index (χ4v) is 3.03. The van der Waals surface area contributed by atoms with Crippen LogP contribution < -0.4 is 10.5 Å². The second-order valence-corrected chi connectivity index (χ2v) is 5.32. The zero-order valence-corrected chi connectivity index (χ0v) is 12.2. The van der Waals surface area contributed by atoms with Crippen LogP contribution in [0.1, 0.15) is 23.2 Å². The van der Waals surface area contributed by atoms with Crippen molar-refractivity contribution < 1.29 is 9.53 Å². The predicted octanol–water partition coefficient (Wildman–Crippen LogP) is 2.57. The third-order valence-corrected chi connectivity index (χ3v) is 3.92. The van der Waals surface area contributed by atoms with Gasteiger partial charge in [-0.25, -0.2) is 0 Å². The number of hydrogen-bond donors (Lipinski definition) is 1. The van der Waals surface area contributed by atoms with Crippen molar-refractivity contribution >= 4 is 29.1 Å². The minimum absolute atomic E-state index is 0.0839. The summed E-state index contributed by atoms with van der Waals surface area (Å²) >= 11 is 12.1. The van der Waals surface area contributed by atoms with Gasteiger partial charge in [-0.3, -0.25) is 4.79 Å². The number of benzene rings is 1. The van der Waals surface area contributed by atoms with Gasteiger partial charge in [0, 0.05) is 24.7 Å². The van der Waals surface area contributed by atoms with Gasteiger partial charge in [-0.2, -0.15) is 0 Å². The van der Waals surface area contributed by atoms with Gasteiger partial charge < -0.3 is 15.4 Å². The van der Waals surface area contributed by atoms with Crippen LogP contribution in [0.25, 0.3) is 0 Å². The first-order valence-electron chi connectivity index (χ1n) is 6.12. The Morgan fingerprint density at radius 3 is 2.63 bits per heavy atom. The SMILES string of the molecule is COc1c(Cl)cc(C(=O)N2CCCC2CN)cc1Cl. The summed E-state index contributed by atoms with van der Waals surface area (Å²) in [5, 5.41) is 0.670. The Morgan fingerprint density at radius 2 is 2.11 bits per heavy atom. The normalized spacial score (nSPS) is 18.7. The number of nitrogens with two attached hydrogens (primary N) is 1. The maximum absolute atomic E-state index is 12.4. The first-order chi connectivity index (χ1) is 9.08. The highest BCUT2D eigenvalue weighted by atomic mass is 35.5. The standard InChI is InChI=1S/C13H16Cl2N2O2/c1-19-12-10(14)5-8(6-11(12)15)13(18)17-4-2-3-9(17)7-16/h5-6,9H,2-4,7,16H2,1H3. The molecule has 2 rings (SSSR count). The highest BCUT2D eigenvalue weighted by Crippen LogP contribution is 2.34. The van der Waals surface area contributed by atoms with Crippen molar-refractivity contribution in [3.63, 3.8) is 0 Å². The highest BCUT2D eigenvalue weighted by molar-refractivity contribution is 6.37. The number of likely N-dealkylation sites (tertiary alicyclic amines) is 1. The Morgan fingerprint density at radius 1 is 1.47 bits per heavy atom.